The van der Waals surface area contributed by atoms with E-state index >= 15 is 0 Å². The Bertz CT molecular complexity index is 755. The molecule has 23 heavy (non-hydrogen) atoms. The molecular formula is C16H18ClN3O3. The highest BCUT2D eigenvalue weighted by atomic mass is 35.5. The Balaban J connectivity index is 2.55. The first-order valence-corrected chi connectivity index (χ1v) is 7.35. The second-order valence-corrected chi connectivity index (χ2v) is 6.61. The van der Waals surface area contributed by atoms with E-state index in [-0.39, 0.29) is 11.3 Å². The van der Waals surface area contributed by atoms with Gasteiger partial charge in [0.05, 0.1) is 11.9 Å². The summed E-state index contributed by atoms with van der Waals surface area (Å²) in [5.74, 6) is -1.43. The zero-order valence-electron chi connectivity index (χ0n) is 13.4. The molecule has 2 rings (SSSR count). The lowest BCUT2D eigenvalue weighted by atomic mass is 10.1. The number of ether oxygens (including phenoxy) is 1. The van der Waals surface area contributed by atoms with E-state index in [4.69, 9.17) is 22.1 Å². The number of amides is 1. The summed E-state index contributed by atoms with van der Waals surface area (Å²) in [6.07, 6.45) is 1.27. The lowest BCUT2D eigenvalue weighted by molar-refractivity contribution is 0.00677. The number of aromatic nitrogens is 2. The summed E-state index contributed by atoms with van der Waals surface area (Å²) in [6.45, 7) is 7.07. The number of hydrogen-bond acceptors (Lipinski definition) is 4. The molecule has 7 heteroatoms. The van der Waals surface area contributed by atoms with Gasteiger partial charge in [-0.3, -0.25) is 4.79 Å². The van der Waals surface area contributed by atoms with Gasteiger partial charge in [-0.25, -0.2) is 9.48 Å². The first kappa shape index (κ1) is 17.0. The highest BCUT2D eigenvalue weighted by Gasteiger charge is 2.26. The van der Waals surface area contributed by atoms with Crippen molar-refractivity contribution in [3.8, 4) is 5.69 Å². The molecule has 0 aliphatic heterocycles. The first-order valence-electron chi connectivity index (χ1n) is 6.97. The summed E-state index contributed by atoms with van der Waals surface area (Å²) in [5, 5.41) is 4.59. The summed E-state index contributed by atoms with van der Waals surface area (Å²) in [7, 11) is 0. The Kier molecular flexibility index (Phi) is 4.47. The zero-order chi connectivity index (χ0) is 17.4. The maximum absolute atomic E-state index is 12.3. The summed E-state index contributed by atoms with van der Waals surface area (Å²) >= 11 is 6.04. The van der Waals surface area contributed by atoms with Crippen molar-refractivity contribution in [3.05, 3.63) is 46.2 Å². The monoisotopic (exact) mass is 335 g/mol. The van der Waals surface area contributed by atoms with Crippen molar-refractivity contribution in [2.75, 3.05) is 0 Å². The van der Waals surface area contributed by atoms with E-state index in [1.807, 2.05) is 6.92 Å². The molecule has 1 heterocycles. The van der Waals surface area contributed by atoms with Crippen LogP contribution >= 0.6 is 11.6 Å². The quantitative estimate of drug-likeness (QED) is 0.874. The van der Waals surface area contributed by atoms with Gasteiger partial charge in [-0.1, -0.05) is 11.6 Å². The minimum Gasteiger partial charge on any atom is -0.456 e. The largest absolute Gasteiger partial charge is 0.456 e. The number of esters is 1. The van der Waals surface area contributed by atoms with Gasteiger partial charge in [0.1, 0.15) is 16.9 Å². The molecule has 0 fully saturated rings. The lowest BCUT2D eigenvalue weighted by Crippen LogP contribution is -2.26. The predicted molar refractivity (Wildman–Crippen MR) is 87.0 cm³/mol. The Labute approximate surface area is 139 Å². The van der Waals surface area contributed by atoms with Gasteiger partial charge in [0.15, 0.2) is 0 Å². The molecule has 1 aromatic carbocycles. The average molecular weight is 336 g/mol. The molecule has 0 saturated carbocycles. The fourth-order valence-electron chi connectivity index (χ4n) is 2.10. The van der Waals surface area contributed by atoms with Crippen LogP contribution in [-0.4, -0.2) is 27.3 Å². The van der Waals surface area contributed by atoms with Crippen LogP contribution in [0.15, 0.2) is 24.4 Å². The number of carbonyl (C=O) groups excluding carboxylic acids is 2. The van der Waals surface area contributed by atoms with E-state index < -0.39 is 17.5 Å². The molecule has 2 aromatic rings. The number of carbonyl (C=O) groups is 2. The standard InChI is InChI=1S/C16H18ClN3O3/c1-9-5-10(17)7-11(6-9)20-13(14(18)21)12(8-19-20)15(22)23-16(2,3)4/h5-8H,1-4H3,(H2,18,21). The van der Waals surface area contributed by atoms with Gasteiger partial charge >= 0.3 is 5.97 Å². The molecule has 0 aliphatic carbocycles. The van der Waals surface area contributed by atoms with Crippen molar-refractivity contribution >= 4 is 23.5 Å². The molecule has 1 aromatic heterocycles. The molecule has 2 N–H and O–H groups in total. The number of nitrogens with zero attached hydrogens (tertiary/aromatic N) is 2. The number of rotatable bonds is 3. The van der Waals surface area contributed by atoms with Crippen molar-refractivity contribution in [2.45, 2.75) is 33.3 Å². The molecule has 0 atom stereocenters. The Morgan fingerprint density at radius 3 is 2.43 bits per heavy atom. The molecule has 0 aliphatic rings. The van der Waals surface area contributed by atoms with E-state index in [2.05, 4.69) is 5.10 Å². The molecule has 0 radical (unpaired) electrons. The van der Waals surface area contributed by atoms with E-state index in [9.17, 15) is 9.59 Å². The molecule has 0 unspecified atom stereocenters. The molecule has 122 valence electrons. The van der Waals surface area contributed by atoms with E-state index in [1.54, 1.807) is 39.0 Å². The number of hydrogen-bond donors (Lipinski definition) is 1. The fraction of sp³-hybridized carbons (Fsp3) is 0.312. The van der Waals surface area contributed by atoms with Crippen LogP contribution in [0.3, 0.4) is 0 Å². The predicted octanol–water partition coefficient (Wildman–Crippen LogP) is 2.89. The van der Waals surface area contributed by atoms with E-state index in [1.165, 1.54) is 10.9 Å². The highest BCUT2D eigenvalue weighted by Crippen LogP contribution is 2.22. The minimum absolute atomic E-state index is 0.0186. The van der Waals surface area contributed by atoms with Crippen LogP contribution in [-0.2, 0) is 4.74 Å². The van der Waals surface area contributed by atoms with Crippen molar-refractivity contribution in [3.63, 3.8) is 0 Å². The van der Waals surface area contributed by atoms with Gasteiger partial charge in [-0.05, 0) is 51.5 Å². The molecule has 0 saturated heterocycles. The van der Waals surface area contributed by atoms with Crippen LogP contribution < -0.4 is 5.73 Å². The number of halogens is 1. The van der Waals surface area contributed by atoms with Gasteiger partial charge in [-0.15, -0.1) is 0 Å². The highest BCUT2D eigenvalue weighted by molar-refractivity contribution is 6.30. The number of nitrogens with two attached hydrogens (primary N) is 1. The lowest BCUT2D eigenvalue weighted by Gasteiger charge is -2.19. The van der Waals surface area contributed by atoms with Crippen LogP contribution in [0, 0.1) is 6.92 Å². The fourth-order valence-corrected chi connectivity index (χ4v) is 2.39. The average Bonchev–Trinajstić information content (AvgIpc) is 2.80. The Morgan fingerprint density at radius 1 is 1.26 bits per heavy atom. The van der Waals surface area contributed by atoms with Crippen molar-refractivity contribution in [2.24, 2.45) is 5.73 Å². The summed E-state index contributed by atoms with van der Waals surface area (Å²) in [4.78, 5) is 24.1. The Hall–Kier alpha value is -2.34. The molecule has 0 bridgehead atoms. The third-order valence-electron chi connectivity index (χ3n) is 2.89. The normalized spacial score (nSPS) is 11.3. The van der Waals surface area contributed by atoms with Crippen molar-refractivity contribution in [1.29, 1.82) is 0 Å². The number of aryl methyl sites for hydroxylation is 1. The van der Waals surface area contributed by atoms with Gasteiger partial charge in [0.25, 0.3) is 5.91 Å². The van der Waals surface area contributed by atoms with E-state index in [0.29, 0.717) is 10.7 Å². The summed E-state index contributed by atoms with van der Waals surface area (Å²) < 4.78 is 6.58. The molecular weight excluding hydrogens is 318 g/mol. The molecule has 0 spiro atoms. The molecule has 1 amide bonds. The van der Waals surface area contributed by atoms with Crippen LogP contribution in [0.4, 0.5) is 0 Å². The van der Waals surface area contributed by atoms with Crippen molar-refractivity contribution < 1.29 is 14.3 Å². The van der Waals surface area contributed by atoms with Crippen molar-refractivity contribution in [1.82, 2.24) is 9.78 Å². The van der Waals surface area contributed by atoms with Crippen LogP contribution in [0.1, 0.15) is 47.2 Å². The zero-order valence-corrected chi connectivity index (χ0v) is 14.1. The van der Waals surface area contributed by atoms with E-state index in [0.717, 1.165) is 5.56 Å². The summed E-state index contributed by atoms with van der Waals surface area (Å²) in [6, 6.07) is 5.18. The second-order valence-electron chi connectivity index (χ2n) is 6.17. The third-order valence-corrected chi connectivity index (χ3v) is 3.11. The van der Waals surface area contributed by atoms with Crippen LogP contribution in [0.5, 0.6) is 0 Å². The summed E-state index contributed by atoms with van der Waals surface area (Å²) in [5.41, 5.74) is 6.15. The first-order chi connectivity index (χ1) is 10.6. The second kappa shape index (κ2) is 6.04. The SMILES string of the molecule is Cc1cc(Cl)cc(-n2ncc(C(=O)OC(C)(C)C)c2C(N)=O)c1. The molecule has 6 nitrogen and oxygen atoms in total. The maximum Gasteiger partial charge on any atom is 0.342 e. The van der Waals surface area contributed by atoms with Gasteiger partial charge < -0.3 is 10.5 Å². The van der Waals surface area contributed by atoms with Gasteiger partial charge in [0, 0.05) is 5.02 Å². The van der Waals surface area contributed by atoms with Crippen LogP contribution in [0.25, 0.3) is 5.69 Å². The smallest absolute Gasteiger partial charge is 0.342 e. The number of benzene rings is 1. The third kappa shape index (κ3) is 3.90. The van der Waals surface area contributed by atoms with Gasteiger partial charge in [0.2, 0.25) is 0 Å². The van der Waals surface area contributed by atoms with Crippen LogP contribution in [0.2, 0.25) is 5.02 Å². The number of primary amides is 1. The topological polar surface area (TPSA) is 87.2 Å². The maximum atomic E-state index is 12.3. The Morgan fingerprint density at radius 2 is 1.91 bits per heavy atom. The van der Waals surface area contributed by atoms with Gasteiger partial charge in [-0.2, -0.15) is 5.10 Å². The minimum atomic E-state index is -0.777.